The highest BCUT2D eigenvalue weighted by molar-refractivity contribution is 5.74. The lowest BCUT2D eigenvalue weighted by Gasteiger charge is -2.07. The van der Waals surface area contributed by atoms with Crippen LogP contribution in [0.1, 0.15) is 19.8 Å². The van der Waals surface area contributed by atoms with Crippen LogP contribution in [0.2, 0.25) is 0 Å². The van der Waals surface area contributed by atoms with Gasteiger partial charge in [-0.1, -0.05) is 0 Å². The minimum atomic E-state index is -0.457. The van der Waals surface area contributed by atoms with Gasteiger partial charge in [-0.3, -0.25) is 0 Å². The van der Waals surface area contributed by atoms with Crippen LogP contribution in [0.25, 0.3) is 0 Å². The van der Waals surface area contributed by atoms with Gasteiger partial charge in [0.05, 0.1) is 6.61 Å². The van der Waals surface area contributed by atoms with E-state index >= 15 is 0 Å². The van der Waals surface area contributed by atoms with Crippen LogP contribution < -0.4 is 16.0 Å². The molecule has 0 aromatic heterocycles. The minimum Gasteiger partial charge on any atom is -0.450 e. The molecule has 0 spiro atoms. The zero-order chi connectivity index (χ0) is 11.1. The zero-order valence-electron chi connectivity index (χ0n) is 8.84. The van der Waals surface area contributed by atoms with Gasteiger partial charge in [-0.25, -0.2) is 9.59 Å². The molecule has 0 heterocycles. The van der Waals surface area contributed by atoms with Gasteiger partial charge in [0.1, 0.15) is 0 Å². The number of hydrogen-bond acceptors (Lipinski definition) is 3. The topological polar surface area (TPSA) is 79.5 Å². The molecule has 6 heteroatoms. The van der Waals surface area contributed by atoms with Crippen LogP contribution in [-0.4, -0.2) is 37.9 Å². The molecule has 3 amide bonds. The van der Waals surface area contributed by atoms with Crippen molar-refractivity contribution in [2.45, 2.75) is 25.8 Å². The quantitative estimate of drug-likeness (QED) is 0.573. The predicted molar refractivity (Wildman–Crippen MR) is 54.6 cm³/mol. The Labute approximate surface area is 88.7 Å². The predicted octanol–water partition coefficient (Wildman–Crippen LogP) is 0.194. The highest BCUT2D eigenvalue weighted by atomic mass is 16.5. The van der Waals surface area contributed by atoms with Gasteiger partial charge < -0.3 is 20.7 Å². The second-order valence-corrected chi connectivity index (χ2v) is 3.32. The van der Waals surface area contributed by atoms with Crippen LogP contribution in [0.5, 0.6) is 0 Å². The van der Waals surface area contributed by atoms with Crippen molar-refractivity contribution in [1.29, 1.82) is 0 Å². The lowest BCUT2D eigenvalue weighted by atomic mass is 10.6. The third-order valence-corrected chi connectivity index (χ3v) is 1.87. The molecule has 0 bridgehead atoms. The van der Waals surface area contributed by atoms with E-state index < -0.39 is 6.09 Å². The van der Waals surface area contributed by atoms with Gasteiger partial charge in [-0.15, -0.1) is 0 Å². The Balaban J connectivity index is 1.91. The fourth-order valence-electron chi connectivity index (χ4n) is 0.987. The van der Waals surface area contributed by atoms with Crippen molar-refractivity contribution >= 4 is 12.1 Å². The van der Waals surface area contributed by atoms with Crippen LogP contribution in [0.15, 0.2) is 0 Å². The summed E-state index contributed by atoms with van der Waals surface area (Å²) in [6.07, 6.45) is 1.67. The third kappa shape index (κ3) is 5.77. The van der Waals surface area contributed by atoms with Crippen LogP contribution >= 0.6 is 0 Å². The Kier molecular flexibility index (Phi) is 4.73. The average Bonchev–Trinajstić information content (AvgIpc) is 2.97. The van der Waals surface area contributed by atoms with E-state index in [2.05, 4.69) is 20.7 Å². The van der Waals surface area contributed by atoms with Crippen LogP contribution in [-0.2, 0) is 4.74 Å². The molecule has 1 aliphatic carbocycles. The summed E-state index contributed by atoms with van der Waals surface area (Å²) in [4.78, 5) is 21.9. The van der Waals surface area contributed by atoms with E-state index in [1.54, 1.807) is 6.92 Å². The first-order valence-corrected chi connectivity index (χ1v) is 5.17. The molecule has 1 fully saturated rings. The Hall–Kier alpha value is -1.46. The van der Waals surface area contributed by atoms with E-state index in [0.29, 0.717) is 25.7 Å². The third-order valence-electron chi connectivity index (χ3n) is 1.87. The Morgan fingerprint density at radius 1 is 1.27 bits per heavy atom. The van der Waals surface area contributed by atoms with Crippen molar-refractivity contribution in [3.63, 3.8) is 0 Å². The maximum atomic E-state index is 11.1. The molecule has 0 radical (unpaired) electrons. The largest absolute Gasteiger partial charge is 0.450 e. The Morgan fingerprint density at radius 2 is 1.93 bits per heavy atom. The number of hydrogen-bond donors (Lipinski definition) is 3. The number of carbonyl (C=O) groups is 2. The van der Waals surface area contributed by atoms with Crippen LogP contribution in [0.3, 0.4) is 0 Å². The minimum absolute atomic E-state index is 0.178. The molecule has 0 aromatic rings. The molecule has 0 aromatic carbocycles. The normalized spacial score (nSPS) is 14.2. The number of rotatable bonds is 5. The maximum absolute atomic E-state index is 11.1. The van der Waals surface area contributed by atoms with Gasteiger partial charge in [0, 0.05) is 19.1 Å². The lowest BCUT2D eigenvalue weighted by Crippen LogP contribution is -2.41. The molecular weight excluding hydrogens is 198 g/mol. The van der Waals surface area contributed by atoms with Crippen molar-refractivity contribution in [2.24, 2.45) is 0 Å². The van der Waals surface area contributed by atoms with Crippen molar-refractivity contribution in [2.75, 3.05) is 19.7 Å². The molecular formula is C9H17N3O3. The average molecular weight is 215 g/mol. The van der Waals surface area contributed by atoms with Crippen LogP contribution in [0.4, 0.5) is 9.59 Å². The highest BCUT2D eigenvalue weighted by Gasteiger charge is 2.22. The monoisotopic (exact) mass is 215 g/mol. The van der Waals surface area contributed by atoms with E-state index in [1.165, 1.54) is 0 Å². The maximum Gasteiger partial charge on any atom is 0.407 e. The second-order valence-electron chi connectivity index (χ2n) is 3.32. The molecule has 0 atom stereocenters. The standard InChI is InChI=1S/C9H17N3O3/c1-2-15-9(14)11-6-5-10-8(13)12-7-3-4-7/h7H,2-6H2,1H3,(H,11,14)(H2,10,12,13). The summed E-state index contributed by atoms with van der Waals surface area (Å²) in [5.41, 5.74) is 0. The summed E-state index contributed by atoms with van der Waals surface area (Å²) >= 11 is 0. The second kappa shape index (κ2) is 6.10. The van der Waals surface area contributed by atoms with E-state index in [0.717, 1.165) is 12.8 Å². The fraction of sp³-hybridized carbons (Fsp3) is 0.778. The number of alkyl carbamates (subject to hydrolysis) is 1. The summed E-state index contributed by atoms with van der Waals surface area (Å²) in [7, 11) is 0. The number of nitrogens with one attached hydrogen (secondary N) is 3. The smallest absolute Gasteiger partial charge is 0.407 e. The first-order valence-electron chi connectivity index (χ1n) is 5.17. The molecule has 0 saturated heterocycles. The summed E-state index contributed by atoms with van der Waals surface area (Å²) in [5.74, 6) is 0. The van der Waals surface area contributed by atoms with Gasteiger partial charge >= 0.3 is 12.1 Å². The van der Waals surface area contributed by atoms with Crippen molar-refractivity contribution in [1.82, 2.24) is 16.0 Å². The van der Waals surface area contributed by atoms with Gasteiger partial charge in [0.25, 0.3) is 0 Å². The zero-order valence-corrected chi connectivity index (χ0v) is 8.84. The van der Waals surface area contributed by atoms with Crippen molar-refractivity contribution < 1.29 is 14.3 Å². The lowest BCUT2D eigenvalue weighted by molar-refractivity contribution is 0.152. The number of urea groups is 1. The molecule has 1 saturated carbocycles. The van der Waals surface area contributed by atoms with E-state index in [4.69, 9.17) is 0 Å². The highest BCUT2D eigenvalue weighted by Crippen LogP contribution is 2.17. The van der Waals surface area contributed by atoms with Crippen LogP contribution in [0, 0.1) is 0 Å². The summed E-state index contributed by atoms with van der Waals surface area (Å²) < 4.78 is 4.65. The van der Waals surface area contributed by atoms with Gasteiger partial charge in [-0.05, 0) is 19.8 Å². The Bertz CT molecular complexity index is 229. The number of amides is 3. The first kappa shape index (κ1) is 11.6. The Morgan fingerprint density at radius 3 is 2.53 bits per heavy atom. The molecule has 1 rings (SSSR count). The molecule has 6 nitrogen and oxygen atoms in total. The van der Waals surface area contributed by atoms with E-state index in [1.807, 2.05) is 0 Å². The van der Waals surface area contributed by atoms with E-state index in [9.17, 15) is 9.59 Å². The summed E-state index contributed by atoms with van der Waals surface area (Å²) in [6, 6.07) is 0.172. The number of ether oxygens (including phenoxy) is 1. The summed E-state index contributed by atoms with van der Waals surface area (Å²) in [5, 5.41) is 7.91. The van der Waals surface area contributed by atoms with Gasteiger partial charge in [0.2, 0.25) is 0 Å². The summed E-state index contributed by atoms with van der Waals surface area (Å²) in [6.45, 7) is 2.86. The molecule has 3 N–H and O–H groups in total. The molecule has 0 unspecified atom stereocenters. The van der Waals surface area contributed by atoms with Crippen molar-refractivity contribution in [3.8, 4) is 0 Å². The molecule has 15 heavy (non-hydrogen) atoms. The molecule has 1 aliphatic rings. The van der Waals surface area contributed by atoms with Crippen molar-refractivity contribution in [3.05, 3.63) is 0 Å². The van der Waals surface area contributed by atoms with E-state index in [-0.39, 0.29) is 6.03 Å². The number of carbonyl (C=O) groups excluding carboxylic acids is 2. The molecule has 86 valence electrons. The van der Waals surface area contributed by atoms with Gasteiger partial charge in [-0.2, -0.15) is 0 Å². The fourth-order valence-corrected chi connectivity index (χ4v) is 0.987. The SMILES string of the molecule is CCOC(=O)NCCNC(=O)NC1CC1. The molecule has 0 aliphatic heterocycles. The first-order chi connectivity index (χ1) is 7.22. The van der Waals surface area contributed by atoms with Gasteiger partial charge in [0.15, 0.2) is 0 Å².